The predicted molar refractivity (Wildman–Crippen MR) is 120 cm³/mol. The van der Waals surface area contributed by atoms with E-state index < -0.39 is 0 Å². The molecule has 0 aliphatic carbocycles. The van der Waals surface area contributed by atoms with E-state index in [1.165, 1.54) is 5.56 Å². The molecule has 2 aliphatic heterocycles. The van der Waals surface area contributed by atoms with Gasteiger partial charge in [0.2, 0.25) is 5.91 Å². The molecule has 0 spiro atoms. The molecular weight excluding hydrogens is 415 g/mol. The Morgan fingerprint density at radius 1 is 0.897 bits per heavy atom. The van der Waals surface area contributed by atoms with E-state index in [1.807, 2.05) is 11.0 Å². The third kappa shape index (κ3) is 7.83. The SMILES string of the molecule is COc1cc(CN2CCN(CCC(=O)N3CCNCC3)CC2)cc(OC)c1.Cl.Cl. The minimum Gasteiger partial charge on any atom is -0.497 e. The lowest BCUT2D eigenvalue weighted by Gasteiger charge is -2.35. The molecule has 166 valence electrons. The van der Waals surface area contributed by atoms with Gasteiger partial charge in [-0.25, -0.2) is 0 Å². The van der Waals surface area contributed by atoms with Crippen LogP contribution in [-0.4, -0.2) is 93.7 Å². The molecule has 1 aromatic rings. The summed E-state index contributed by atoms with van der Waals surface area (Å²) in [5, 5.41) is 3.29. The summed E-state index contributed by atoms with van der Waals surface area (Å²) in [7, 11) is 3.36. The highest BCUT2D eigenvalue weighted by Gasteiger charge is 2.20. The topological polar surface area (TPSA) is 57.3 Å². The number of hydrogen-bond acceptors (Lipinski definition) is 6. The molecule has 0 radical (unpaired) electrons. The smallest absolute Gasteiger partial charge is 0.223 e. The minimum absolute atomic E-state index is 0. The first-order chi connectivity index (χ1) is 13.2. The molecule has 3 rings (SSSR count). The average molecular weight is 449 g/mol. The number of nitrogens with zero attached hydrogens (tertiary/aromatic N) is 3. The predicted octanol–water partition coefficient (Wildman–Crippen LogP) is 1.49. The summed E-state index contributed by atoms with van der Waals surface area (Å²) in [4.78, 5) is 19.1. The van der Waals surface area contributed by atoms with Crippen LogP contribution in [0.2, 0.25) is 0 Å². The Morgan fingerprint density at radius 3 is 2.00 bits per heavy atom. The number of piperazine rings is 2. The molecule has 0 atom stereocenters. The van der Waals surface area contributed by atoms with Crippen molar-refractivity contribution in [3.05, 3.63) is 23.8 Å². The summed E-state index contributed by atoms with van der Waals surface area (Å²) in [6.07, 6.45) is 0.632. The van der Waals surface area contributed by atoms with Crippen molar-refractivity contribution < 1.29 is 14.3 Å². The van der Waals surface area contributed by atoms with Crippen molar-refractivity contribution in [1.82, 2.24) is 20.0 Å². The third-order valence-electron chi connectivity index (χ3n) is 5.39. The molecule has 29 heavy (non-hydrogen) atoms. The highest BCUT2D eigenvalue weighted by atomic mass is 35.5. The third-order valence-corrected chi connectivity index (χ3v) is 5.39. The van der Waals surface area contributed by atoms with Crippen LogP contribution in [0.5, 0.6) is 11.5 Å². The zero-order valence-corrected chi connectivity index (χ0v) is 19.0. The Bertz CT molecular complexity index is 599. The van der Waals surface area contributed by atoms with Gasteiger partial charge in [0.25, 0.3) is 0 Å². The van der Waals surface area contributed by atoms with Crippen molar-refractivity contribution in [2.24, 2.45) is 0 Å². The number of nitrogens with one attached hydrogen (secondary N) is 1. The van der Waals surface area contributed by atoms with Crippen LogP contribution < -0.4 is 14.8 Å². The van der Waals surface area contributed by atoms with Gasteiger partial charge in [-0.15, -0.1) is 24.8 Å². The molecule has 1 amide bonds. The number of methoxy groups -OCH3 is 2. The van der Waals surface area contributed by atoms with Gasteiger partial charge in [0, 0.05) is 77.9 Å². The van der Waals surface area contributed by atoms with E-state index >= 15 is 0 Å². The maximum absolute atomic E-state index is 12.3. The largest absolute Gasteiger partial charge is 0.497 e. The van der Waals surface area contributed by atoms with E-state index in [4.69, 9.17) is 9.47 Å². The Balaban J connectivity index is 0.00000210. The van der Waals surface area contributed by atoms with Crippen molar-refractivity contribution in [2.75, 3.05) is 73.1 Å². The van der Waals surface area contributed by atoms with E-state index in [0.29, 0.717) is 12.3 Å². The lowest BCUT2D eigenvalue weighted by Crippen LogP contribution is -2.49. The quantitative estimate of drug-likeness (QED) is 0.681. The number of rotatable bonds is 7. The first-order valence-electron chi connectivity index (χ1n) is 9.83. The zero-order chi connectivity index (χ0) is 19.1. The summed E-state index contributed by atoms with van der Waals surface area (Å²) in [5.74, 6) is 1.95. The van der Waals surface area contributed by atoms with Crippen molar-refractivity contribution in [1.29, 1.82) is 0 Å². The molecule has 1 N–H and O–H groups in total. The van der Waals surface area contributed by atoms with Gasteiger partial charge in [-0.2, -0.15) is 0 Å². The van der Waals surface area contributed by atoms with Crippen LogP contribution >= 0.6 is 24.8 Å². The lowest BCUT2D eigenvalue weighted by atomic mass is 10.1. The van der Waals surface area contributed by atoms with Crippen molar-refractivity contribution >= 4 is 30.7 Å². The number of carbonyl (C=O) groups excluding carboxylic acids is 1. The minimum atomic E-state index is 0. The molecule has 9 heteroatoms. The van der Waals surface area contributed by atoms with Crippen LogP contribution in [0.15, 0.2) is 18.2 Å². The van der Waals surface area contributed by atoms with Gasteiger partial charge in [0.15, 0.2) is 0 Å². The standard InChI is InChI=1S/C20H32N4O3.2ClH/c1-26-18-13-17(14-19(15-18)27-2)16-23-11-9-22(10-12-23)6-3-20(25)24-7-4-21-5-8-24;;/h13-15,21H,3-12,16H2,1-2H3;2*1H. The van der Waals surface area contributed by atoms with Crippen LogP contribution in [0.25, 0.3) is 0 Å². The molecule has 1 aromatic carbocycles. The maximum Gasteiger partial charge on any atom is 0.223 e. The number of ether oxygens (including phenoxy) is 2. The molecule has 0 aromatic heterocycles. The summed E-state index contributed by atoms with van der Waals surface area (Å²) >= 11 is 0. The van der Waals surface area contributed by atoms with Gasteiger partial charge in [-0.3, -0.25) is 9.69 Å². The fourth-order valence-corrected chi connectivity index (χ4v) is 3.71. The highest BCUT2D eigenvalue weighted by molar-refractivity contribution is 5.85. The van der Waals surface area contributed by atoms with E-state index in [9.17, 15) is 4.79 Å². The Hall–Kier alpha value is -1.25. The summed E-state index contributed by atoms with van der Waals surface area (Å²) in [6.45, 7) is 9.32. The van der Waals surface area contributed by atoms with Crippen molar-refractivity contribution in [3.8, 4) is 11.5 Å². The second-order valence-corrected chi connectivity index (χ2v) is 7.22. The molecule has 0 unspecified atom stereocenters. The second kappa shape index (κ2) is 13.1. The van der Waals surface area contributed by atoms with Crippen LogP contribution in [0.3, 0.4) is 0 Å². The zero-order valence-electron chi connectivity index (χ0n) is 17.4. The van der Waals surface area contributed by atoms with Gasteiger partial charge in [-0.05, 0) is 17.7 Å². The van der Waals surface area contributed by atoms with Crippen LogP contribution in [0.1, 0.15) is 12.0 Å². The molecule has 0 bridgehead atoms. The van der Waals surface area contributed by atoms with E-state index in [0.717, 1.165) is 76.9 Å². The number of hydrogen-bond donors (Lipinski definition) is 1. The van der Waals surface area contributed by atoms with E-state index in [2.05, 4.69) is 27.2 Å². The monoisotopic (exact) mass is 448 g/mol. The van der Waals surface area contributed by atoms with Gasteiger partial charge in [0.1, 0.15) is 11.5 Å². The normalized spacial score (nSPS) is 17.8. The Kier molecular flexibility index (Phi) is 11.7. The number of benzene rings is 1. The van der Waals surface area contributed by atoms with Crippen LogP contribution in [0.4, 0.5) is 0 Å². The van der Waals surface area contributed by atoms with Crippen LogP contribution in [-0.2, 0) is 11.3 Å². The molecule has 2 saturated heterocycles. The number of carbonyl (C=O) groups is 1. The second-order valence-electron chi connectivity index (χ2n) is 7.22. The molecule has 2 aliphatic rings. The van der Waals surface area contributed by atoms with Gasteiger partial charge < -0.3 is 24.6 Å². The van der Waals surface area contributed by atoms with Crippen LogP contribution in [0, 0.1) is 0 Å². The molecule has 7 nitrogen and oxygen atoms in total. The highest BCUT2D eigenvalue weighted by Crippen LogP contribution is 2.23. The maximum atomic E-state index is 12.3. The van der Waals surface area contributed by atoms with E-state index in [1.54, 1.807) is 14.2 Å². The van der Waals surface area contributed by atoms with Crippen molar-refractivity contribution in [3.63, 3.8) is 0 Å². The Morgan fingerprint density at radius 2 is 1.45 bits per heavy atom. The summed E-state index contributed by atoms with van der Waals surface area (Å²) in [6, 6.07) is 6.04. The van der Waals surface area contributed by atoms with E-state index in [-0.39, 0.29) is 24.8 Å². The first-order valence-corrected chi connectivity index (χ1v) is 9.83. The molecule has 2 heterocycles. The Labute approximate surface area is 186 Å². The summed E-state index contributed by atoms with van der Waals surface area (Å²) in [5.41, 5.74) is 1.20. The first kappa shape index (κ1) is 25.8. The lowest BCUT2D eigenvalue weighted by molar-refractivity contribution is -0.132. The average Bonchev–Trinajstić information content (AvgIpc) is 2.73. The number of amides is 1. The molecular formula is C20H34Cl2N4O3. The molecule has 2 fully saturated rings. The van der Waals surface area contributed by atoms with Crippen molar-refractivity contribution in [2.45, 2.75) is 13.0 Å². The van der Waals surface area contributed by atoms with Gasteiger partial charge >= 0.3 is 0 Å². The number of halogens is 2. The van der Waals surface area contributed by atoms with Gasteiger partial charge in [0.05, 0.1) is 14.2 Å². The fraction of sp³-hybridized carbons (Fsp3) is 0.650. The fourth-order valence-electron chi connectivity index (χ4n) is 3.71. The summed E-state index contributed by atoms with van der Waals surface area (Å²) < 4.78 is 10.7. The van der Waals surface area contributed by atoms with Gasteiger partial charge in [-0.1, -0.05) is 0 Å². The molecule has 0 saturated carbocycles.